The highest BCUT2D eigenvalue weighted by Crippen LogP contribution is 2.52. The van der Waals surface area contributed by atoms with Crippen LogP contribution < -0.4 is 5.32 Å². The molecule has 0 saturated carbocycles. The molecule has 0 radical (unpaired) electrons. The van der Waals surface area contributed by atoms with E-state index in [0.29, 0.717) is 19.6 Å². The molecular weight excluding hydrogens is 344 g/mol. The molecule has 2 amide bonds. The van der Waals surface area contributed by atoms with E-state index >= 15 is 0 Å². The predicted molar refractivity (Wildman–Crippen MR) is 97.6 cm³/mol. The Morgan fingerprint density at radius 1 is 1.30 bits per heavy atom. The number of rotatable bonds is 5. The van der Waals surface area contributed by atoms with Crippen LogP contribution in [-0.2, 0) is 25.6 Å². The van der Waals surface area contributed by atoms with Crippen LogP contribution >= 0.6 is 0 Å². The Morgan fingerprint density at radius 3 is 2.93 bits per heavy atom. The summed E-state index contributed by atoms with van der Waals surface area (Å²) in [6.07, 6.45) is 5.74. The van der Waals surface area contributed by atoms with Gasteiger partial charge in [0, 0.05) is 19.7 Å². The van der Waals surface area contributed by atoms with E-state index in [1.54, 1.807) is 0 Å². The van der Waals surface area contributed by atoms with Gasteiger partial charge in [-0.2, -0.15) is 0 Å². The molecule has 1 aromatic carbocycles. The van der Waals surface area contributed by atoms with Gasteiger partial charge in [-0.1, -0.05) is 42.5 Å². The highest BCUT2D eigenvalue weighted by Gasteiger charge is 2.66. The second-order valence-electron chi connectivity index (χ2n) is 7.96. The molecule has 142 valence electrons. The van der Waals surface area contributed by atoms with Crippen molar-refractivity contribution in [2.24, 2.45) is 11.8 Å². The third-order valence-electron chi connectivity index (χ3n) is 6.23. The normalized spacial score (nSPS) is 36.4. The number of ether oxygens (including phenoxy) is 2. The van der Waals surface area contributed by atoms with Crippen molar-refractivity contribution >= 4 is 11.8 Å². The molecule has 6 heteroatoms. The number of nitrogens with one attached hydrogen (secondary N) is 1. The zero-order chi connectivity index (χ0) is 18.4. The number of carbonyl (C=O) groups is 2. The lowest BCUT2D eigenvalue weighted by Crippen LogP contribution is -2.45. The van der Waals surface area contributed by atoms with Gasteiger partial charge in [0.2, 0.25) is 11.8 Å². The number of fused-ring (bicyclic) bond motifs is 1. The van der Waals surface area contributed by atoms with Gasteiger partial charge < -0.3 is 19.7 Å². The first-order chi connectivity index (χ1) is 13.2. The molecule has 4 aliphatic rings. The Bertz CT molecular complexity index is 774. The molecule has 1 aromatic rings. The van der Waals surface area contributed by atoms with E-state index in [2.05, 4.69) is 5.32 Å². The van der Waals surface area contributed by atoms with Crippen LogP contribution in [0.25, 0.3) is 0 Å². The summed E-state index contributed by atoms with van der Waals surface area (Å²) in [4.78, 5) is 27.9. The van der Waals surface area contributed by atoms with Gasteiger partial charge in [-0.05, 0) is 18.4 Å². The molecule has 3 saturated heterocycles. The minimum atomic E-state index is -0.650. The maximum Gasteiger partial charge on any atom is 0.230 e. The summed E-state index contributed by atoms with van der Waals surface area (Å²) in [7, 11) is 0. The summed E-state index contributed by atoms with van der Waals surface area (Å²) in [5, 5.41) is 3.00. The van der Waals surface area contributed by atoms with Crippen molar-refractivity contribution in [3.05, 3.63) is 48.0 Å². The molecule has 5 unspecified atom stereocenters. The topological polar surface area (TPSA) is 67.9 Å². The Hall–Kier alpha value is -2.18. The van der Waals surface area contributed by atoms with Crippen LogP contribution in [0.3, 0.4) is 0 Å². The smallest absolute Gasteiger partial charge is 0.230 e. The zero-order valence-corrected chi connectivity index (χ0v) is 15.2. The number of carbonyl (C=O) groups excluding carboxylic acids is 2. The molecular formula is C21H24N2O4. The van der Waals surface area contributed by atoms with Crippen molar-refractivity contribution < 1.29 is 19.1 Å². The number of nitrogens with zero attached hydrogens (tertiary/aromatic N) is 1. The fourth-order valence-corrected chi connectivity index (χ4v) is 4.95. The first-order valence-corrected chi connectivity index (χ1v) is 9.75. The van der Waals surface area contributed by atoms with Crippen LogP contribution in [0.2, 0.25) is 0 Å². The van der Waals surface area contributed by atoms with Gasteiger partial charge in [0.05, 0.1) is 30.6 Å². The summed E-state index contributed by atoms with van der Waals surface area (Å²) in [6, 6.07) is 9.93. The molecule has 5 atom stereocenters. The van der Waals surface area contributed by atoms with Gasteiger partial charge in [0.25, 0.3) is 0 Å². The predicted octanol–water partition coefficient (Wildman–Crippen LogP) is 1.26. The van der Waals surface area contributed by atoms with Crippen LogP contribution in [0.1, 0.15) is 18.4 Å². The molecule has 1 spiro atoms. The summed E-state index contributed by atoms with van der Waals surface area (Å²) >= 11 is 0. The SMILES string of the molecule is O=C(NCC1CCCO1)C1C2C=CC3(CN(Cc4ccccc4)C(=O)C13)O2. The molecule has 2 bridgehead atoms. The third-order valence-corrected chi connectivity index (χ3v) is 6.23. The number of hydrogen-bond acceptors (Lipinski definition) is 4. The molecule has 0 aromatic heterocycles. The average Bonchev–Trinajstić information content (AvgIpc) is 3.44. The van der Waals surface area contributed by atoms with Crippen molar-refractivity contribution in [2.45, 2.75) is 37.2 Å². The van der Waals surface area contributed by atoms with Gasteiger partial charge in [-0.3, -0.25) is 9.59 Å². The molecule has 0 aliphatic carbocycles. The summed E-state index contributed by atoms with van der Waals surface area (Å²) in [5.41, 5.74) is 0.433. The number of hydrogen-bond donors (Lipinski definition) is 1. The Balaban J connectivity index is 1.31. The maximum absolute atomic E-state index is 13.2. The lowest BCUT2D eigenvalue weighted by atomic mass is 9.77. The van der Waals surface area contributed by atoms with Gasteiger partial charge in [0.15, 0.2) is 0 Å². The van der Waals surface area contributed by atoms with Crippen LogP contribution in [0.15, 0.2) is 42.5 Å². The van der Waals surface area contributed by atoms with E-state index in [9.17, 15) is 9.59 Å². The van der Waals surface area contributed by atoms with Crippen molar-refractivity contribution in [1.29, 1.82) is 0 Å². The van der Waals surface area contributed by atoms with Crippen molar-refractivity contribution in [2.75, 3.05) is 19.7 Å². The van der Waals surface area contributed by atoms with Gasteiger partial charge in [-0.15, -0.1) is 0 Å². The van der Waals surface area contributed by atoms with Gasteiger partial charge in [0.1, 0.15) is 5.60 Å². The number of likely N-dealkylation sites (tertiary alicyclic amines) is 1. The Labute approximate surface area is 158 Å². The summed E-state index contributed by atoms with van der Waals surface area (Å²) in [5.74, 6) is -0.963. The molecule has 4 heterocycles. The van der Waals surface area contributed by atoms with Crippen molar-refractivity contribution in [3.8, 4) is 0 Å². The molecule has 1 N–H and O–H groups in total. The summed E-state index contributed by atoms with van der Waals surface area (Å²) in [6.45, 7) is 2.32. The Morgan fingerprint density at radius 2 is 2.15 bits per heavy atom. The van der Waals surface area contributed by atoms with Gasteiger partial charge >= 0.3 is 0 Å². The van der Waals surface area contributed by atoms with E-state index in [4.69, 9.17) is 9.47 Å². The molecule has 3 fully saturated rings. The average molecular weight is 368 g/mol. The highest BCUT2D eigenvalue weighted by atomic mass is 16.5. The molecule has 4 aliphatic heterocycles. The van der Waals surface area contributed by atoms with Crippen LogP contribution in [0, 0.1) is 11.8 Å². The highest BCUT2D eigenvalue weighted by molar-refractivity contribution is 5.93. The van der Waals surface area contributed by atoms with E-state index < -0.39 is 17.4 Å². The molecule has 5 rings (SSSR count). The van der Waals surface area contributed by atoms with Crippen LogP contribution in [-0.4, -0.2) is 54.2 Å². The van der Waals surface area contributed by atoms with E-state index in [1.807, 2.05) is 47.4 Å². The molecule has 27 heavy (non-hydrogen) atoms. The van der Waals surface area contributed by atoms with E-state index in [1.165, 1.54) is 0 Å². The monoisotopic (exact) mass is 368 g/mol. The second-order valence-corrected chi connectivity index (χ2v) is 7.96. The first kappa shape index (κ1) is 17.0. The quantitative estimate of drug-likeness (QED) is 0.795. The van der Waals surface area contributed by atoms with Crippen molar-refractivity contribution in [1.82, 2.24) is 10.2 Å². The molecule has 6 nitrogen and oxygen atoms in total. The second kappa shape index (κ2) is 6.46. The zero-order valence-electron chi connectivity index (χ0n) is 15.2. The van der Waals surface area contributed by atoms with E-state index in [0.717, 1.165) is 25.0 Å². The van der Waals surface area contributed by atoms with Gasteiger partial charge in [-0.25, -0.2) is 0 Å². The van der Waals surface area contributed by atoms with Crippen LogP contribution in [0.5, 0.6) is 0 Å². The van der Waals surface area contributed by atoms with Crippen molar-refractivity contribution in [3.63, 3.8) is 0 Å². The fourth-order valence-electron chi connectivity index (χ4n) is 4.95. The third kappa shape index (κ3) is 2.78. The standard InChI is InChI=1S/C21H24N2O4/c24-19(22-11-15-7-4-10-26-15)17-16-8-9-21(27-16)13-23(20(25)18(17)21)12-14-5-2-1-3-6-14/h1-3,5-6,8-9,15-18H,4,7,10-13H2,(H,22,24). The lowest BCUT2D eigenvalue weighted by molar-refractivity contribution is -0.138. The minimum Gasteiger partial charge on any atom is -0.376 e. The van der Waals surface area contributed by atoms with Crippen LogP contribution in [0.4, 0.5) is 0 Å². The first-order valence-electron chi connectivity index (χ1n) is 9.75. The lowest BCUT2D eigenvalue weighted by Gasteiger charge is -2.24. The fraction of sp³-hybridized carbons (Fsp3) is 0.524. The number of amides is 2. The number of benzene rings is 1. The maximum atomic E-state index is 13.2. The Kier molecular flexibility index (Phi) is 4.06. The minimum absolute atomic E-state index is 0.0166. The van der Waals surface area contributed by atoms with E-state index in [-0.39, 0.29) is 24.0 Å². The largest absolute Gasteiger partial charge is 0.376 e. The summed E-state index contributed by atoms with van der Waals surface area (Å²) < 4.78 is 11.7.